The number of nitrogens with zero attached hydrogens (tertiary/aromatic N) is 1. The number of aryl methyl sites for hydroxylation is 1. The molecular formula is C18H17BrN2O3S. The van der Waals surface area contributed by atoms with Gasteiger partial charge in [-0.2, -0.15) is 0 Å². The smallest absolute Gasteiger partial charge is 0.264 e. The van der Waals surface area contributed by atoms with Gasteiger partial charge in [0.05, 0.1) is 21.3 Å². The van der Waals surface area contributed by atoms with Crippen LogP contribution >= 0.6 is 27.3 Å². The van der Waals surface area contributed by atoms with Gasteiger partial charge in [0.1, 0.15) is 11.5 Å². The zero-order valence-corrected chi connectivity index (χ0v) is 16.2. The van der Waals surface area contributed by atoms with Crippen LogP contribution in [0.25, 0.3) is 10.2 Å². The number of halogens is 1. The number of amides is 1. The third kappa shape index (κ3) is 4.49. The molecule has 130 valence electrons. The van der Waals surface area contributed by atoms with E-state index in [9.17, 15) is 4.79 Å². The van der Waals surface area contributed by atoms with Crippen LogP contribution in [0.2, 0.25) is 0 Å². The van der Waals surface area contributed by atoms with Crippen LogP contribution in [-0.4, -0.2) is 24.1 Å². The molecule has 1 amide bonds. The number of hydrogen-bond donors (Lipinski definition) is 1. The van der Waals surface area contributed by atoms with Crippen LogP contribution < -0.4 is 14.8 Å². The first-order valence-electron chi connectivity index (χ1n) is 7.77. The Labute approximate surface area is 158 Å². The van der Waals surface area contributed by atoms with Gasteiger partial charge in [-0.05, 0) is 65.7 Å². The molecule has 2 aromatic carbocycles. The van der Waals surface area contributed by atoms with E-state index in [-0.39, 0.29) is 12.5 Å². The van der Waals surface area contributed by atoms with E-state index in [4.69, 9.17) is 9.47 Å². The minimum Gasteiger partial charge on any atom is -0.494 e. The van der Waals surface area contributed by atoms with Crippen molar-refractivity contribution in [3.8, 4) is 11.5 Å². The van der Waals surface area contributed by atoms with Gasteiger partial charge in [0.25, 0.3) is 5.91 Å². The van der Waals surface area contributed by atoms with Gasteiger partial charge in [-0.25, -0.2) is 4.98 Å². The summed E-state index contributed by atoms with van der Waals surface area (Å²) in [5.41, 5.74) is 1.94. The Morgan fingerprint density at radius 3 is 2.84 bits per heavy atom. The van der Waals surface area contributed by atoms with Crippen molar-refractivity contribution in [2.75, 3.05) is 18.5 Å². The van der Waals surface area contributed by atoms with E-state index in [1.165, 1.54) is 11.3 Å². The number of benzene rings is 2. The molecule has 0 aliphatic carbocycles. The fourth-order valence-corrected chi connectivity index (χ4v) is 3.75. The molecule has 1 heterocycles. The summed E-state index contributed by atoms with van der Waals surface area (Å²) < 4.78 is 12.8. The SMILES string of the molecule is CCOc1ccc2nc(NC(=O)COc3ccc(C)cc3Br)sc2c1. The van der Waals surface area contributed by atoms with Gasteiger partial charge >= 0.3 is 0 Å². The van der Waals surface area contributed by atoms with Gasteiger partial charge in [-0.1, -0.05) is 17.4 Å². The van der Waals surface area contributed by atoms with Gasteiger partial charge in [0, 0.05) is 0 Å². The molecule has 0 spiro atoms. The summed E-state index contributed by atoms with van der Waals surface area (Å²) >= 11 is 4.83. The Kier molecular flexibility index (Phi) is 5.55. The molecule has 3 rings (SSSR count). The van der Waals surface area contributed by atoms with Gasteiger partial charge < -0.3 is 9.47 Å². The van der Waals surface area contributed by atoms with E-state index in [1.807, 2.05) is 50.2 Å². The molecular weight excluding hydrogens is 404 g/mol. The Balaban J connectivity index is 1.63. The maximum absolute atomic E-state index is 12.1. The molecule has 0 saturated carbocycles. The Morgan fingerprint density at radius 1 is 1.24 bits per heavy atom. The van der Waals surface area contributed by atoms with Crippen LogP contribution in [-0.2, 0) is 4.79 Å². The summed E-state index contributed by atoms with van der Waals surface area (Å²) in [5.74, 6) is 1.17. The van der Waals surface area contributed by atoms with Gasteiger partial charge in [-0.15, -0.1) is 0 Å². The molecule has 0 fully saturated rings. The van der Waals surface area contributed by atoms with Crippen LogP contribution in [0.15, 0.2) is 40.9 Å². The van der Waals surface area contributed by atoms with Gasteiger partial charge in [-0.3, -0.25) is 10.1 Å². The molecule has 0 atom stereocenters. The van der Waals surface area contributed by atoms with Crippen LogP contribution in [0.5, 0.6) is 11.5 Å². The minimum absolute atomic E-state index is 0.0816. The second-order valence-electron chi connectivity index (χ2n) is 5.35. The molecule has 5 nitrogen and oxygen atoms in total. The first kappa shape index (κ1) is 17.7. The quantitative estimate of drug-likeness (QED) is 0.622. The van der Waals surface area contributed by atoms with E-state index in [0.717, 1.165) is 26.0 Å². The van der Waals surface area contributed by atoms with Crippen molar-refractivity contribution in [2.24, 2.45) is 0 Å². The van der Waals surface area contributed by atoms with E-state index < -0.39 is 0 Å². The largest absolute Gasteiger partial charge is 0.494 e. The Bertz CT molecular complexity index is 910. The lowest BCUT2D eigenvalue weighted by atomic mass is 10.2. The summed E-state index contributed by atoms with van der Waals surface area (Å²) in [7, 11) is 0. The second-order valence-corrected chi connectivity index (χ2v) is 7.24. The molecule has 3 aromatic rings. The number of aromatic nitrogens is 1. The molecule has 1 aromatic heterocycles. The summed E-state index contributed by atoms with van der Waals surface area (Å²) in [6, 6.07) is 11.4. The topological polar surface area (TPSA) is 60.5 Å². The highest BCUT2D eigenvalue weighted by molar-refractivity contribution is 9.10. The molecule has 25 heavy (non-hydrogen) atoms. The highest BCUT2D eigenvalue weighted by Gasteiger charge is 2.10. The number of fused-ring (bicyclic) bond motifs is 1. The van der Waals surface area contributed by atoms with Gasteiger partial charge in [0.2, 0.25) is 0 Å². The van der Waals surface area contributed by atoms with Crippen molar-refractivity contribution in [3.05, 3.63) is 46.4 Å². The van der Waals surface area contributed by atoms with E-state index in [0.29, 0.717) is 17.5 Å². The van der Waals surface area contributed by atoms with E-state index >= 15 is 0 Å². The number of carbonyl (C=O) groups excluding carboxylic acids is 1. The third-order valence-corrected chi connectivity index (χ3v) is 4.92. The van der Waals surface area contributed by atoms with Crippen molar-refractivity contribution >= 4 is 48.5 Å². The first-order valence-corrected chi connectivity index (χ1v) is 9.38. The second kappa shape index (κ2) is 7.84. The molecule has 0 radical (unpaired) electrons. The number of rotatable bonds is 6. The predicted octanol–water partition coefficient (Wildman–Crippen LogP) is 4.78. The summed E-state index contributed by atoms with van der Waals surface area (Å²) in [6.07, 6.45) is 0. The van der Waals surface area contributed by atoms with Crippen LogP contribution in [0, 0.1) is 6.92 Å². The molecule has 7 heteroatoms. The average molecular weight is 421 g/mol. The lowest BCUT2D eigenvalue weighted by Gasteiger charge is -2.08. The number of hydrogen-bond acceptors (Lipinski definition) is 5. The summed E-state index contributed by atoms with van der Waals surface area (Å²) in [6.45, 7) is 4.46. The number of nitrogens with one attached hydrogen (secondary N) is 1. The van der Waals surface area contributed by atoms with Gasteiger partial charge in [0.15, 0.2) is 11.7 Å². The van der Waals surface area contributed by atoms with Crippen LogP contribution in [0.4, 0.5) is 5.13 Å². The van der Waals surface area contributed by atoms with Crippen LogP contribution in [0.3, 0.4) is 0 Å². The van der Waals surface area contributed by atoms with E-state index in [1.54, 1.807) is 0 Å². The fourth-order valence-electron chi connectivity index (χ4n) is 2.24. The Morgan fingerprint density at radius 2 is 2.08 bits per heavy atom. The Hall–Kier alpha value is -2.12. The molecule has 0 aliphatic rings. The minimum atomic E-state index is -0.253. The van der Waals surface area contributed by atoms with Crippen molar-refractivity contribution in [2.45, 2.75) is 13.8 Å². The molecule has 1 N–H and O–H groups in total. The normalized spacial score (nSPS) is 10.7. The zero-order chi connectivity index (χ0) is 17.8. The average Bonchev–Trinajstić information content (AvgIpc) is 2.95. The van der Waals surface area contributed by atoms with Crippen molar-refractivity contribution in [3.63, 3.8) is 0 Å². The zero-order valence-electron chi connectivity index (χ0n) is 13.8. The monoisotopic (exact) mass is 420 g/mol. The maximum Gasteiger partial charge on any atom is 0.264 e. The number of thiazole rings is 1. The lowest BCUT2D eigenvalue weighted by Crippen LogP contribution is -2.20. The standard InChI is InChI=1S/C18H17BrN2O3S/c1-3-23-12-5-6-14-16(9-12)25-18(20-14)21-17(22)10-24-15-7-4-11(2)8-13(15)19/h4-9H,3,10H2,1-2H3,(H,20,21,22). The highest BCUT2D eigenvalue weighted by atomic mass is 79.9. The summed E-state index contributed by atoms with van der Waals surface area (Å²) in [4.78, 5) is 16.5. The van der Waals surface area contributed by atoms with Crippen molar-refractivity contribution in [1.82, 2.24) is 4.98 Å². The first-order chi connectivity index (χ1) is 12.0. The van der Waals surface area contributed by atoms with Crippen LogP contribution in [0.1, 0.15) is 12.5 Å². The number of anilines is 1. The number of carbonyl (C=O) groups is 1. The number of ether oxygens (including phenoxy) is 2. The fraction of sp³-hybridized carbons (Fsp3) is 0.222. The van der Waals surface area contributed by atoms with E-state index in [2.05, 4.69) is 26.2 Å². The predicted molar refractivity (Wildman–Crippen MR) is 104 cm³/mol. The maximum atomic E-state index is 12.1. The highest BCUT2D eigenvalue weighted by Crippen LogP contribution is 2.29. The molecule has 0 aliphatic heterocycles. The van der Waals surface area contributed by atoms with Crippen molar-refractivity contribution < 1.29 is 14.3 Å². The summed E-state index contributed by atoms with van der Waals surface area (Å²) in [5, 5.41) is 3.31. The third-order valence-electron chi connectivity index (χ3n) is 3.36. The molecule has 0 bridgehead atoms. The molecule has 0 unspecified atom stereocenters. The lowest BCUT2D eigenvalue weighted by molar-refractivity contribution is -0.118. The molecule has 0 saturated heterocycles. The van der Waals surface area contributed by atoms with Crippen molar-refractivity contribution in [1.29, 1.82) is 0 Å².